The number of anilines is 1. The van der Waals surface area contributed by atoms with E-state index in [0.717, 1.165) is 26.2 Å². The van der Waals surface area contributed by atoms with Crippen molar-refractivity contribution >= 4 is 11.9 Å². The maximum absolute atomic E-state index is 12.1. The maximum atomic E-state index is 12.1. The van der Waals surface area contributed by atoms with Crippen LogP contribution in [0, 0.1) is 0 Å². The van der Waals surface area contributed by atoms with Crippen LogP contribution >= 0.6 is 0 Å². The van der Waals surface area contributed by atoms with Crippen LogP contribution in [0.15, 0.2) is 18.5 Å². The van der Waals surface area contributed by atoms with Crippen molar-refractivity contribution in [1.82, 2.24) is 20.2 Å². The van der Waals surface area contributed by atoms with Gasteiger partial charge in [0.1, 0.15) is 6.04 Å². The van der Waals surface area contributed by atoms with E-state index in [4.69, 9.17) is 0 Å². The Morgan fingerprint density at radius 2 is 2.06 bits per heavy atom. The molecule has 2 N–H and O–H groups in total. The lowest BCUT2D eigenvalue weighted by Crippen LogP contribution is -2.50. The number of hydrogen-bond acceptors (Lipinski definition) is 5. The van der Waals surface area contributed by atoms with Crippen LogP contribution in [0.3, 0.4) is 0 Å². The Balaban J connectivity index is 1.90. The number of piperazine rings is 1. The van der Waals surface area contributed by atoms with E-state index in [0.29, 0.717) is 5.95 Å². The molecule has 1 aliphatic heterocycles. The molecule has 0 aromatic carbocycles. The van der Waals surface area contributed by atoms with Gasteiger partial charge in [-0.15, -0.1) is 0 Å². The first-order chi connectivity index (χ1) is 8.27. The Kier molecular flexibility index (Phi) is 3.87. The highest BCUT2D eigenvalue weighted by Gasteiger charge is 2.22. The fourth-order valence-electron chi connectivity index (χ4n) is 1.79. The zero-order valence-electron chi connectivity index (χ0n) is 9.89. The standard InChI is InChI=1S/C11H17N5O/c1-9(15-11-13-3-2-4-14-11)10(17)16-7-5-12-6-8-16/h2-4,9,12H,5-8H2,1H3,(H,13,14,15). The van der Waals surface area contributed by atoms with Gasteiger partial charge in [0.25, 0.3) is 0 Å². The summed E-state index contributed by atoms with van der Waals surface area (Å²) in [5.74, 6) is 0.586. The smallest absolute Gasteiger partial charge is 0.244 e. The van der Waals surface area contributed by atoms with Crippen molar-refractivity contribution in [3.05, 3.63) is 18.5 Å². The molecule has 0 spiro atoms. The molecule has 0 saturated carbocycles. The number of amides is 1. The van der Waals surface area contributed by atoms with Crippen LogP contribution in [0.5, 0.6) is 0 Å². The lowest BCUT2D eigenvalue weighted by molar-refractivity contribution is -0.132. The molecule has 0 aliphatic carbocycles. The Morgan fingerprint density at radius 1 is 1.41 bits per heavy atom. The highest BCUT2D eigenvalue weighted by molar-refractivity contribution is 5.83. The number of nitrogens with one attached hydrogen (secondary N) is 2. The van der Waals surface area contributed by atoms with E-state index >= 15 is 0 Å². The van der Waals surface area contributed by atoms with E-state index in [2.05, 4.69) is 20.6 Å². The van der Waals surface area contributed by atoms with E-state index in [1.54, 1.807) is 18.5 Å². The van der Waals surface area contributed by atoms with E-state index in [1.807, 2.05) is 11.8 Å². The van der Waals surface area contributed by atoms with Gasteiger partial charge in [-0.2, -0.15) is 0 Å². The average molecular weight is 235 g/mol. The Morgan fingerprint density at radius 3 is 2.71 bits per heavy atom. The topological polar surface area (TPSA) is 70.2 Å². The molecule has 1 atom stereocenters. The van der Waals surface area contributed by atoms with Crippen LogP contribution in [-0.4, -0.2) is 53.0 Å². The lowest BCUT2D eigenvalue weighted by atomic mass is 10.2. The number of hydrogen-bond donors (Lipinski definition) is 2. The zero-order chi connectivity index (χ0) is 12.1. The Labute approximate surface area is 100 Å². The van der Waals surface area contributed by atoms with E-state index in [-0.39, 0.29) is 11.9 Å². The minimum Gasteiger partial charge on any atom is -0.343 e. The van der Waals surface area contributed by atoms with Gasteiger partial charge in [-0.3, -0.25) is 4.79 Å². The van der Waals surface area contributed by atoms with E-state index < -0.39 is 0 Å². The first-order valence-corrected chi connectivity index (χ1v) is 5.80. The molecule has 1 aromatic rings. The first kappa shape index (κ1) is 11.8. The predicted molar refractivity (Wildman–Crippen MR) is 64.6 cm³/mol. The molecule has 0 radical (unpaired) electrons. The SMILES string of the molecule is CC(Nc1ncccn1)C(=O)N1CCNCC1. The number of rotatable bonds is 3. The lowest BCUT2D eigenvalue weighted by Gasteiger charge is -2.29. The highest BCUT2D eigenvalue weighted by atomic mass is 16.2. The largest absolute Gasteiger partial charge is 0.343 e. The first-order valence-electron chi connectivity index (χ1n) is 5.80. The Bertz CT molecular complexity index is 363. The fraction of sp³-hybridized carbons (Fsp3) is 0.545. The molecule has 6 heteroatoms. The molecule has 1 unspecified atom stereocenters. The molecule has 6 nitrogen and oxygen atoms in total. The van der Waals surface area contributed by atoms with Gasteiger partial charge < -0.3 is 15.5 Å². The molecule has 1 fully saturated rings. The van der Waals surface area contributed by atoms with Gasteiger partial charge in [0.2, 0.25) is 11.9 Å². The molecule has 0 bridgehead atoms. The second-order valence-corrected chi connectivity index (χ2v) is 4.01. The molecule has 1 saturated heterocycles. The van der Waals surface area contributed by atoms with E-state index in [9.17, 15) is 4.79 Å². The highest BCUT2D eigenvalue weighted by Crippen LogP contribution is 2.03. The molecule has 2 rings (SSSR count). The molecule has 1 amide bonds. The van der Waals surface area contributed by atoms with Crippen molar-refractivity contribution in [3.8, 4) is 0 Å². The number of aromatic nitrogens is 2. The molecule has 92 valence electrons. The quantitative estimate of drug-likeness (QED) is 0.753. The van der Waals surface area contributed by atoms with Crippen LogP contribution in [0.4, 0.5) is 5.95 Å². The molecule has 17 heavy (non-hydrogen) atoms. The zero-order valence-corrected chi connectivity index (χ0v) is 9.89. The summed E-state index contributed by atoms with van der Waals surface area (Å²) >= 11 is 0. The maximum Gasteiger partial charge on any atom is 0.244 e. The van der Waals surface area contributed by atoms with Gasteiger partial charge in [-0.25, -0.2) is 9.97 Å². The normalized spacial score (nSPS) is 17.6. The minimum atomic E-state index is -0.296. The van der Waals surface area contributed by atoms with Gasteiger partial charge in [0.15, 0.2) is 0 Å². The Hall–Kier alpha value is -1.69. The van der Waals surface area contributed by atoms with E-state index in [1.165, 1.54) is 0 Å². The van der Waals surface area contributed by atoms with Crippen LogP contribution in [0.25, 0.3) is 0 Å². The minimum absolute atomic E-state index is 0.0963. The van der Waals surface area contributed by atoms with Crippen LogP contribution in [0.2, 0.25) is 0 Å². The third kappa shape index (κ3) is 3.13. The summed E-state index contributed by atoms with van der Waals surface area (Å²) in [7, 11) is 0. The third-order valence-electron chi connectivity index (χ3n) is 2.71. The molecule has 1 aliphatic rings. The number of carbonyl (C=O) groups is 1. The van der Waals surface area contributed by atoms with Gasteiger partial charge in [-0.1, -0.05) is 0 Å². The number of carbonyl (C=O) groups excluding carboxylic acids is 1. The van der Waals surface area contributed by atoms with Crippen molar-refractivity contribution in [1.29, 1.82) is 0 Å². The summed E-state index contributed by atoms with van der Waals surface area (Å²) < 4.78 is 0. The summed E-state index contributed by atoms with van der Waals surface area (Å²) in [5, 5.41) is 6.22. The number of nitrogens with zero attached hydrogens (tertiary/aromatic N) is 3. The summed E-state index contributed by atoms with van der Waals surface area (Å²) in [6.07, 6.45) is 3.30. The van der Waals surface area contributed by atoms with Crippen molar-refractivity contribution in [2.24, 2.45) is 0 Å². The second kappa shape index (κ2) is 5.58. The van der Waals surface area contributed by atoms with Crippen LogP contribution < -0.4 is 10.6 Å². The second-order valence-electron chi connectivity index (χ2n) is 4.01. The van der Waals surface area contributed by atoms with Crippen molar-refractivity contribution < 1.29 is 4.79 Å². The van der Waals surface area contributed by atoms with Gasteiger partial charge in [-0.05, 0) is 13.0 Å². The van der Waals surface area contributed by atoms with Gasteiger partial charge in [0, 0.05) is 38.6 Å². The van der Waals surface area contributed by atoms with Crippen molar-refractivity contribution in [2.75, 3.05) is 31.5 Å². The summed E-state index contributed by atoms with van der Waals surface area (Å²) in [6.45, 7) is 5.09. The van der Waals surface area contributed by atoms with Crippen molar-refractivity contribution in [3.63, 3.8) is 0 Å². The predicted octanol–water partition coefficient (Wildman–Crippen LogP) is -0.291. The van der Waals surface area contributed by atoms with Crippen LogP contribution in [-0.2, 0) is 4.79 Å². The monoisotopic (exact) mass is 235 g/mol. The average Bonchev–Trinajstić information content (AvgIpc) is 2.40. The molecular formula is C11H17N5O. The summed E-state index contributed by atoms with van der Waals surface area (Å²) in [4.78, 5) is 22.0. The third-order valence-corrected chi connectivity index (χ3v) is 2.71. The summed E-state index contributed by atoms with van der Waals surface area (Å²) in [6, 6.07) is 1.45. The van der Waals surface area contributed by atoms with Gasteiger partial charge >= 0.3 is 0 Å². The molecule has 2 heterocycles. The molecular weight excluding hydrogens is 218 g/mol. The van der Waals surface area contributed by atoms with Crippen LogP contribution in [0.1, 0.15) is 6.92 Å². The van der Waals surface area contributed by atoms with Gasteiger partial charge in [0.05, 0.1) is 0 Å². The fourth-order valence-corrected chi connectivity index (χ4v) is 1.79. The van der Waals surface area contributed by atoms with Crippen molar-refractivity contribution in [2.45, 2.75) is 13.0 Å². The molecule has 1 aromatic heterocycles. The summed E-state index contributed by atoms with van der Waals surface area (Å²) in [5.41, 5.74) is 0.